The Bertz CT molecular complexity index is 1110. The third-order valence-corrected chi connectivity index (χ3v) is 4.45. The zero-order chi connectivity index (χ0) is 20.8. The third kappa shape index (κ3) is 4.16. The summed E-state index contributed by atoms with van der Waals surface area (Å²) in [4.78, 5) is 2.60. The number of alkyl halides is 6. The first-order valence-corrected chi connectivity index (χ1v) is 8.33. The van der Waals surface area contributed by atoms with Gasteiger partial charge in [-0.15, -0.1) is 0 Å². The normalized spacial score (nSPS) is 13.7. The number of hydrogen-bond donors (Lipinski definition) is 0. The number of benzene rings is 2. The van der Waals surface area contributed by atoms with Crippen molar-refractivity contribution in [3.63, 3.8) is 0 Å². The van der Waals surface area contributed by atoms with Crippen LogP contribution in [0.4, 0.5) is 26.3 Å². The van der Waals surface area contributed by atoms with E-state index in [1.165, 1.54) is 36.4 Å². The average molecular weight is 448 g/mol. The molecule has 0 aliphatic carbocycles. The van der Waals surface area contributed by atoms with Gasteiger partial charge in [0.1, 0.15) is 5.56 Å². The zero-order valence-corrected chi connectivity index (χ0v) is 15.6. The zero-order valence-electron chi connectivity index (χ0n) is 14.9. The van der Waals surface area contributed by atoms with Crippen LogP contribution in [0, 0.1) is 0 Å². The largest absolute Gasteiger partial charge is 1.00 e. The molecule has 0 fully saturated rings. The van der Waals surface area contributed by atoms with Crippen LogP contribution in [0.5, 0.6) is 11.5 Å². The van der Waals surface area contributed by atoms with Gasteiger partial charge in [-0.2, -0.15) is 26.3 Å². The van der Waals surface area contributed by atoms with Crippen LogP contribution in [0.3, 0.4) is 0 Å². The van der Waals surface area contributed by atoms with E-state index in [0.717, 1.165) is 18.3 Å². The molecule has 1 aromatic heterocycles. The molecule has 4 rings (SSSR count). The van der Waals surface area contributed by atoms with Crippen LogP contribution in [0.1, 0.15) is 22.4 Å². The van der Waals surface area contributed by atoms with E-state index in [9.17, 15) is 26.3 Å². The van der Waals surface area contributed by atoms with E-state index in [-0.39, 0.29) is 35.7 Å². The topological polar surface area (TPSA) is 32.6 Å². The lowest BCUT2D eigenvalue weighted by atomic mass is 10.0. The fraction of sp³-hybridized carbons (Fsp3) is 0.150. The first kappa shape index (κ1) is 21.8. The van der Waals surface area contributed by atoms with Gasteiger partial charge in [-0.1, -0.05) is 12.1 Å². The lowest BCUT2D eigenvalue weighted by Gasteiger charge is -2.09. The molecule has 0 radical (unpaired) electrons. The Labute approximate surface area is 172 Å². The highest BCUT2D eigenvalue weighted by Gasteiger charge is 2.36. The molecule has 0 saturated carbocycles. The summed E-state index contributed by atoms with van der Waals surface area (Å²) in [6.45, 7) is -0.0898. The summed E-state index contributed by atoms with van der Waals surface area (Å²) >= 11 is 0. The van der Waals surface area contributed by atoms with E-state index in [4.69, 9.17) is 9.47 Å². The van der Waals surface area contributed by atoms with Crippen molar-refractivity contribution in [3.05, 3.63) is 65.0 Å². The van der Waals surface area contributed by atoms with Crippen LogP contribution in [-0.2, 0) is 12.4 Å². The van der Waals surface area contributed by atoms with E-state index in [0.29, 0.717) is 17.0 Å². The summed E-state index contributed by atoms with van der Waals surface area (Å²) in [5.41, 5.74) is -0.849. The van der Waals surface area contributed by atoms with Crippen molar-refractivity contribution in [3.8, 4) is 11.5 Å². The molecular formula is C20H12ClF6NO2. The highest BCUT2D eigenvalue weighted by atomic mass is 35.5. The van der Waals surface area contributed by atoms with Gasteiger partial charge in [0.2, 0.25) is 12.5 Å². The number of fused-ring (bicyclic) bond motifs is 2. The molecule has 10 heteroatoms. The number of hydrogen-bond acceptors (Lipinski definition) is 2. The average Bonchev–Trinajstić information content (AvgIpc) is 3.10. The summed E-state index contributed by atoms with van der Waals surface area (Å²) in [5.74, 6) is 0.529. The predicted molar refractivity (Wildman–Crippen MR) is 92.0 cm³/mol. The molecule has 0 saturated heterocycles. The number of H-pyrrole nitrogens is 1. The van der Waals surface area contributed by atoms with Crippen molar-refractivity contribution >= 4 is 22.9 Å². The quantitative estimate of drug-likeness (QED) is 0.566. The van der Waals surface area contributed by atoms with Crippen LogP contribution in [0.2, 0.25) is 0 Å². The number of ether oxygens (including phenoxy) is 2. The third-order valence-electron chi connectivity index (χ3n) is 4.45. The highest BCUT2D eigenvalue weighted by Crippen LogP contribution is 2.41. The Morgan fingerprint density at radius 1 is 0.800 bits per heavy atom. The molecule has 1 aliphatic rings. The van der Waals surface area contributed by atoms with Gasteiger partial charge in [0.25, 0.3) is 0 Å². The van der Waals surface area contributed by atoms with Crippen LogP contribution >= 0.6 is 0 Å². The molecule has 2 heterocycles. The number of aromatic nitrogens is 1. The summed E-state index contributed by atoms with van der Waals surface area (Å²) in [6, 6.07) is 7.14. The molecule has 0 spiro atoms. The number of pyridine rings is 1. The smallest absolute Gasteiger partial charge is 0.422 e. The number of rotatable bonds is 2. The maximum Gasteiger partial charge on any atom is 0.422 e. The Kier molecular flexibility index (Phi) is 5.60. The van der Waals surface area contributed by atoms with Gasteiger partial charge in [-0.25, -0.2) is 4.98 Å². The Hall–Kier alpha value is -2.94. The molecule has 30 heavy (non-hydrogen) atoms. The molecule has 1 aliphatic heterocycles. The van der Waals surface area contributed by atoms with Gasteiger partial charge in [0.15, 0.2) is 17.7 Å². The maximum atomic E-state index is 13.4. The maximum absolute atomic E-state index is 13.4. The van der Waals surface area contributed by atoms with Crippen molar-refractivity contribution in [2.45, 2.75) is 12.4 Å². The van der Waals surface area contributed by atoms with Crippen molar-refractivity contribution in [1.29, 1.82) is 0 Å². The molecule has 1 N–H and O–H groups in total. The van der Waals surface area contributed by atoms with Gasteiger partial charge in [0, 0.05) is 11.5 Å². The second-order valence-electron chi connectivity index (χ2n) is 6.32. The molecule has 0 bridgehead atoms. The molecule has 3 aromatic rings. The van der Waals surface area contributed by atoms with Crippen LogP contribution in [0.15, 0.2) is 42.6 Å². The standard InChI is InChI=1S/C20H11F6NO2.ClH/c21-19(22,23)12-4-1-11(2-5-12)3-6-16-14-8-18-17(28-10-29-18)7-13(14)15(9-27-16)20(24,25)26;/h1-9H,10H2;1H. The molecular weight excluding hydrogens is 436 g/mol. The molecule has 3 nitrogen and oxygen atoms in total. The molecule has 0 unspecified atom stereocenters. The fourth-order valence-corrected chi connectivity index (χ4v) is 3.03. The minimum Gasteiger partial charge on any atom is -1.00 e. The van der Waals surface area contributed by atoms with Crippen LogP contribution < -0.4 is 26.9 Å². The molecule has 158 valence electrons. The van der Waals surface area contributed by atoms with Crippen molar-refractivity contribution < 1.29 is 53.2 Å². The minimum absolute atomic E-state index is 0. The summed E-state index contributed by atoms with van der Waals surface area (Å²) < 4.78 is 88.5. The van der Waals surface area contributed by atoms with E-state index < -0.39 is 23.5 Å². The number of halogens is 7. The lowest BCUT2D eigenvalue weighted by molar-refractivity contribution is -0.381. The van der Waals surface area contributed by atoms with E-state index in [1.807, 2.05) is 0 Å². The van der Waals surface area contributed by atoms with Gasteiger partial charge in [-0.05, 0) is 35.9 Å². The Morgan fingerprint density at radius 2 is 1.40 bits per heavy atom. The predicted octanol–water partition coefficient (Wildman–Crippen LogP) is 2.59. The summed E-state index contributed by atoms with van der Waals surface area (Å²) in [7, 11) is 0. The number of nitrogens with one attached hydrogen (secondary N) is 1. The van der Waals surface area contributed by atoms with Gasteiger partial charge in [0.05, 0.1) is 10.9 Å². The van der Waals surface area contributed by atoms with Crippen molar-refractivity contribution in [2.24, 2.45) is 0 Å². The SMILES string of the molecule is FC(F)(F)c1ccc(C=Cc2[nH+]cc(C(F)(F)F)c3cc4c(cc23)OCO4)cc1.[Cl-]. The highest BCUT2D eigenvalue weighted by molar-refractivity contribution is 5.94. The van der Waals surface area contributed by atoms with Gasteiger partial charge >= 0.3 is 12.4 Å². The Balaban J connectivity index is 0.00000256. The summed E-state index contributed by atoms with van der Waals surface area (Å²) in [6.07, 6.45) is -5.19. The van der Waals surface area contributed by atoms with Gasteiger partial charge < -0.3 is 21.9 Å². The second-order valence-corrected chi connectivity index (χ2v) is 6.32. The van der Waals surface area contributed by atoms with Gasteiger partial charge in [-0.3, -0.25) is 0 Å². The van der Waals surface area contributed by atoms with E-state index >= 15 is 0 Å². The first-order chi connectivity index (χ1) is 13.6. The second kappa shape index (κ2) is 7.71. The van der Waals surface area contributed by atoms with Crippen molar-refractivity contribution in [1.82, 2.24) is 0 Å². The Morgan fingerprint density at radius 3 is 1.97 bits per heavy atom. The molecule has 0 amide bonds. The number of aromatic amines is 1. The van der Waals surface area contributed by atoms with Crippen molar-refractivity contribution in [2.75, 3.05) is 6.79 Å². The minimum atomic E-state index is -4.59. The molecule has 2 aromatic carbocycles. The van der Waals surface area contributed by atoms with Crippen LogP contribution in [-0.4, -0.2) is 6.79 Å². The van der Waals surface area contributed by atoms with Crippen LogP contribution in [0.25, 0.3) is 22.9 Å². The lowest BCUT2D eigenvalue weighted by Crippen LogP contribution is -3.00. The molecule has 0 atom stereocenters. The summed E-state index contributed by atoms with van der Waals surface area (Å²) in [5, 5.41) is 0.166. The first-order valence-electron chi connectivity index (χ1n) is 8.33. The van der Waals surface area contributed by atoms with E-state index in [2.05, 4.69) is 4.98 Å². The van der Waals surface area contributed by atoms with E-state index in [1.54, 1.807) is 0 Å². The monoisotopic (exact) mass is 447 g/mol. The fourth-order valence-electron chi connectivity index (χ4n) is 3.03.